The summed E-state index contributed by atoms with van der Waals surface area (Å²) in [5.74, 6) is -0.319. The summed E-state index contributed by atoms with van der Waals surface area (Å²) in [7, 11) is 0. The van der Waals surface area contributed by atoms with Gasteiger partial charge in [-0.1, -0.05) is 0 Å². The van der Waals surface area contributed by atoms with Gasteiger partial charge in [-0.3, -0.25) is 14.3 Å². The number of nitrogens with one attached hydrogen (secondary N) is 2. The second-order valence-corrected chi connectivity index (χ2v) is 4.90. The lowest BCUT2D eigenvalue weighted by molar-refractivity contribution is -0.126. The highest BCUT2D eigenvalue weighted by atomic mass is 16.2. The monoisotopic (exact) mass is 266 g/mol. The minimum atomic E-state index is -0.172. The van der Waals surface area contributed by atoms with Crippen LogP contribution in [0.4, 0.5) is 0 Å². The van der Waals surface area contributed by atoms with Gasteiger partial charge >= 0.3 is 0 Å². The van der Waals surface area contributed by atoms with Gasteiger partial charge in [-0.25, -0.2) is 0 Å². The fraction of sp³-hybridized carbons (Fsp3) is 0.615. The van der Waals surface area contributed by atoms with Gasteiger partial charge in [-0.15, -0.1) is 0 Å². The highest BCUT2D eigenvalue weighted by Crippen LogP contribution is 2.02. The molecule has 0 unspecified atom stereocenters. The van der Waals surface area contributed by atoms with Crippen LogP contribution in [0.2, 0.25) is 0 Å². The highest BCUT2D eigenvalue weighted by Gasteiger charge is 2.08. The largest absolute Gasteiger partial charge is 0.352 e. The zero-order valence-electron chi connectivity index (χ0n) is 12.0. The second-order valence-electron chi connectivity index (χ2n) is 4.90. The minimum Gasteiger partial charge on any atom is -0.352 e. The molecule has 1 rings (SSSR count). The van der Waals surface area contributed by atoms with Crippen LogP contribution in [0, 0.1) is 13.8 Å². The third-order valence-corrected chi connectivity index (χ3v) is 2.55. The number of rotatable bonds is 6. The number of carbonyl (C=O) groups is 2. The SMILES string of the molecule is Cc1cc(C)n(CCC(=O)NCC(=O)NC(C)C)n1. The summed E-state index contributed by atoms with van der Waals surface area (Å²) in [4.78, 5) is 22.9. The lowest BCUT2D eigenvalue weighted by Gasteiger charge is -2.09. The van der Waals surface area contributed by atoms with Gasteiger partial charge in [0.2, 0.25) is 11.8 Å². The molecular formula is C13H22N4O2. The molecule has 0 saturated heterocycles. The number of hydrogen-bond donors (Lipinski definition) is 2. The molecule has 0 aliphatic heterocycles. The Hall–Kier alpha value is -1.85. The lowest BCUT2D eigenvalue weighted by Crippen LogP contribution is -2.40. The Morgan fingerprint density at radius 3 is 2.53 bits per heavy atom. The van der Waals surface area contributed by atoms with Crippen LogP contribution in [0.1, 0.15) is 31.7 Å². The number of amides is 2. The highest BCUT2D eigenvalue weighted by molar-refractivity contribution is 5.84. The van der Waals surface area contributed by atoms with Crippen molar-refractivity contribution in [2.45, 2.75) is 46.7 Å². The van der Waals surface area contributed by atoms with Gasteiger partial charge in [-0.05, 0) is 33.8 Å². The van der Waals surface area contributed by atoms with E-state index in [2.05, 4.69) is 15.7 Å². The normalized spacial score (nSPS) is 10.6. The van der Waals surface area contributed by atoms with Crippen molar-refractivity contribution in [1.82, 2.24) is 20.4 Å². The Bertz CT molecular complexity index is 451. The van der Waals surface area contributed by atoms with Crippen molar-refractivity contribution in [3.63, 3.8) is 0 Å². The molecule has 0 spiro atoms. The summed E-state index contributed by atoms with van der Waals surface area (Å²) in [5, 5.41) is 9.58. The number of aromatic nitrogens is 2. The molecule has 2 N–H and O–H groups in total. The van der Waals surface area contributed by atoms with Crippen molar-refractivity contribution in [3.05, 3.63) is 17.5 Å². The smallest absolute Gasteiger partial charge is 0.239 e. The van der Waals surface area contributed by atoms with Crippen LogP contribution in [0.3, 0.4) is 0 Å². The summed E-state index contributed by atoms with van der Waals surface area (Å²) in [6.45, 7) is 8.17. The topological polar surface area (TPSA) is 76.0 Å². The van der Waals surface area contributed by atoms with Gasteiger partial charge in [0, 0.05) is 24.7 Å². The van der Waals surface area contributed by atoms with E-state index in [0.29, 0.717) is 13.0 Å². The molecule has 6 nitrogen and oxygen atoms in total. The molecule has 1 heterocycles. The van der Waals surface area contributed by atoms with Gasteiger partial charge in [0.1, 0.15) is 0 Å². The first kappa shape index (κ1) is 15.2. The summed E-state index contributed by atoms with van der Waals surface area (Å²) in [6, 6.07) is 2.05. The van der Waals surface area contributed by atoms with E-state index in [9.17, 15) is 9.59 Å². The first-order valence-corrected chi connectivity index (χ1v) is 6.45. The maximum atomic E-state index is 11.6. The molecule has 0 radical (unpaired) electrons. The fourth-order valence-electron chi connectivity index (χ4n) is 1.75. The van der Waals surface area contributed by atoms with Crippen molar-refractivity contribution in [1.29, 1.82) is 0 Å². The molecule has 1 aromatic rings. The first-order chi connectivity index (χ1) is 8.88. The molecular weight excluding hydrogens is 244 g/mol. The zero-order chi connectivity index (χ0) is 14.4. The third-order valence-electron chi connectivity index (χ3n) is 2.55. The summed E-state index contributed by atoms with van der Waals surface area (Å²) in [6.07, 6.45) is 0.316. The number of hydrogen-bond acceptors (Lipinski definition) is 3. The Kier molecular flexibility index (Phi) is 5.54. The quantitative estimate of drug-likeness (QED) is 0.788. The number of nitrogens with zero attached hydrogens (tertiary/aromatic N) is 2. The van der Waals surface area contributed by atoms with Gasteiger partial charge in [0.05, 0.1) is 12.2 Å². The van der Waals surface area contributed by atoms with Crippen LogP contribution in [-0.4, -0.2) is 34.2 Å². The Labute approximate surface area is 113 Å². The molecule has 0 aliphatic rings. The van der Waals surface area contributed by atoms with Crippen molar-refractivity contribution in [2.24, 2.45) is 0 Å². The van der Waals surface area contributed by atoms with Crippen LogP contribution < -0.4 is 10.6 Å². The maximum absolute atomic E-state index is 11.6. The first-order valence-electron chi connectivity index (χ1n) is 6.45. The summed E-state index contributed by atoms with van der Waals surface area (Å²) in [5.41, 5.74) is 1.97. The van der Waals surface area contributed by atoms with Crippen LogP contribution in [-0.2, 0) is 16.1 Å². The molecule has 1 aromatic heterocycles. The van der Waals surface area contributed by atoms with Gasteiger partial charge < -0.3 is 10.6 Å². The maximum Gasteiger partial charge on any atom is 0.239 e. The van der Waals surface area contributed by atoms with Crippen molar-refractivity contribution in [3.8, 4) is 0 Å². The molecule has 2 amide bonds. The minimum absolute atomic E-state index is 0.0220. The zero-order valence-corrected chi connectivity index (χ0v) is 12.0. The molecule has 0 aliphatic carbocycles. The van der Waals surface area contributed by atoms with E-state index >= 15 is 0 Å². The molecule has 19 heavy (non-hydrogen) atoms. The van der Waals surface area contributed by atoms with Crippen molar-refractivity contribution in [2.75, 3.05) is 6.54 Å². The average molecular weight is 266 g/mol. The molecule has 0 fully saturated rings. The van der Waals surface area contributed by atoms with E-state index in [1.165, 1.54) is 0 Å². The molecule has 0 saturated carbocycles. The van der Waals surface area contributed by atoms with E-state index in [4.69, 9.17) is 0 Å². The van der Waals surface area contributed by atoms with E-state index in [0.717, 1.165) is 11.4 Å². The van der Waals surface area contributed by atoms with E-state index in [1.54, 1.807) is 4.68 Å². The van der Waals surface area contributed by atoms with Crippen LogP contribution in [0.25, 0.3) is 0 Å². The van der Waals surface area contributed by atoms with E-state index in [-0.39, 0.29) is 24.4 Å². The lowest BCUT2D eigenvalue weighted by atomic mass is 10.3. The third kappa shape index (κ3) is 5.54. The molecule has 0 bridgehead atoms. The van der Waals surface area contributed by atoms with Crippen LogP contribution >= 0.6 is 0 Å². The van der Waals surface area contributed by atoms with Crippen LogP contribution in [0.5, 0.6) is 0 Å². The Morgan fingerprint density at radius 1 is 1.32 bits per heavy atom. The molecule has 0 atom stereocenters. The number of aryl methyl sites for hydroxylation is 3. The van der Waals surface area contributed by atoms with Gasteiger partial charge in [-0.2, -0.15) is 5.10 Å². The van der Waals surface area contributed by atoms with E-state index in [1.807, 2.05) is 33.8 Å². The predicted octanol–water partition coefficient (Wildman–Crippen LogP) is 0.531. The fourth-order valence-corrected chi connectivity index (χ4v) is 1.75. The van der Waals surface area contributed by atoms with Gasteiger partial charge in [0.15, 0.2) is 0 Å². The van der Waals surface area contributed by atoms with Gasteiger partial charge in [0.25, 0.3) is 0 Å². The second kappa shape index (κ2) is 6.92. The summed E-state index contributed by atoms with van der Waals surface area (Å²) < 4.78 is 1.79. The Balaban J connectivity index is 2.28. The van der Waals surface area contributed by atoms with Crippen LogP contribution in [0.15, 0.2) is 6.07 Å². The van der Waals surface area contributed by atoms with Crippen molar-refractivity contribution < 1.29 is 9.59 Å². The predicted molar refractivity (Wildman–Crippen MR) is 72.6 cm³/mol. The molecule has 6 heteroatoms. The standard InChI is InChI=1S/C13H22N4O2/c1-9(2)15-13(19)8-14-12(18)5-6-17-11(4)7-10(3)16-17/h7,9H,5-6,8H2,1-4H3,(H,14,18)(H,15,19). The molecule has 106 valence electrons. The molecule has 0 aromatic carbocycles. The average Bonchev–Trinajstić information content (AvgIpc) is 2.61. The number of carbonyl (C=O) groups excluding carboxylic acids is 2. The Morgan fingerprint density at radius 2 is 2.00 bits per heavy atom. The van der Waals surface area contributed by atoms with Crippen molar-refractivity contribution >= 4 is 11.8 Å². The van der Waals surface area contributed by atoms with E-state index < -0.39 is 0 Å². The summed E-state index contributed by atoms with van der Waals surface area (Å²) >= 11 is 0.